The second-order valence-electron chi connectivity index (χ2n) is 5.34. The molecule has 1 aliphatic heterocycles. The van der Waals surface area contributed by atoms with Crippen LogP contribution in [0.1, 0.15) is 5.56 Å². The second kappa shape index (κ2) is 6.74. The molecule has 3 aromatic rings. The van der Waals surface area contributed by atoms with Gasteiger partial charge in [-0.15, -0.1) is 0 Å². The van der Waals surface area contributed by atoms with Crippen molar-refractivity contribution in [1.29, 1.82) is 0 Å². The molecule has 0 spiro atoms. The molecule has 1 saturated heterocycles. The Bertz CT molecular complexity index is 1020. The van der Waals surface area contributed by atoms with Gasteiger partial charge in [0.1, 0.15) is 5.03 Å². The van der Waals surface area contributed by atoms with Crippen LogP contribution < -0.4 is 5.32 Å². The van der Waals surface area contributed by atoms with Crippen molar-refractivity contribution in [3.05, 3.63) is 71.1 Å². The first-order chi connectivity index (χ1) is 12.2. The fourth-order valence-electron chi connectivity index (χ4n) is 2.46. The molecule has 4 nitrogen and oxygen atoms in total. The Labute approximate surface area is 152 Å². The van der Waals surface area contributed by atoms with Crippen LogP contribution in [0.4, 0.5) is 4.79 Å². The number of thioether (sulfide) groups is 1. The first kappa shape index (κ1) is 15.9. The van der Waals surface area contributed by atoms with E-state index in [1.165, 1.54) is 11.8 Å². The Balaban J connectivity index is 1.83. The van der Waals surface area contributed by atoms with E-state index in [2.05, 4.69) is 5.32 Å². The van der Waals surface area contributed by atoms with Crippen LogP contribution in [0, 0.1) is 0 Å². The van der Waals surface area contributed by atoms with Crippen molar-refractivity contribution in [3.63, 3.8) is 0 Å². The van der Waals surface area contributed by atoms with E-state index in [0.29, 0.717) is 4.91 Å². The number of hydrogen-bond acceptors (Lipinski definition) is 5. The number of hydrogen-bond donors (Lipinski definition) is 1. The third-order valence-electron chi connectivity index (χ3n) is 3.60. The number of benzene rings is 2. The van der Waals surface area contributed by atoms with Crippen molar-refractivity contribution in [3.8, 4) is 0 Å². The number of amides is 2. The van der Waals surface area contributed by atoms with Crippen LogP contribution in [-0.4, -0.2) is 16.1 Å². The van der Waals surface area contributed by atoms with Crippen molar-refractivity contribution in [2.45, 2.75) is 9.92 Å². The highest BCUT2D eigenvalue weighted by molar-refractivity contribution is 8.18. The number of rotatable bonds is 3. The topological polar surface area (TPSA) is 59.1 Å². The van der Waals surface area contributed by atoms with E-state index >= 15 is 0 Å². The zero-order valence-corrected chi connectivity index (χ0v) is 14.6. The van der Waals surface area contributed by atoms with E-state index in [1.807, 2.05) is 60.7 Å². The van der Waals surface area contributed by atoms with Gasteiger partial charge >= 0.3 is 0 Å². The Morgan fingerprint density at radius 2 is 1.76 bits per heavy atom. The molecule has 1 aromatic heterocycles. The molecular weight excluding hydrogens is 352 g/mol. The number of carbonyl (C=O) groups excluding carboxylic acids is 2. The fourth-order valence-corrected chi connectivity index (χ4v) is 4.03. The molecule has 0 bridgehead atoms. The van der Waals surface area contributed by atoms with Crippen LogP contribution in [0.3, 0.4) is 0 Å². The number of nitrogens with one attached hydrogen (secondary N) is 1. The number of aromatic nitrogens is 1. The van der Waals surface area contributed by atoms with Gasteiger partial charge in [-0.25, -0.2) is 4.98 Å². The van der Waals surface area contributed by atoms with Gasteiger partial charge in [-0.3, -0.25) is 14.9 Å². The molecule has 122 valence electrons. The molecule has 2 amide bonds. The van der Waals surface area contributed by atoms with E-state index in [1.54, 1.807) is 6.08 Å². The van der Waals surface area contributed by atoms with Crippen molar-refractivity contribution in [2.24, 2.45) is 0 Å². The molecule has 2 aromatic carbocycles. The average Bonchev–Trinajstić information content (AvgIpc) is 2.93. The predicted octanol–water partition coefficient (Wildman–Crippen LogP) is 4.71. The van der Waals surface area contributed by atoms with Gasteiger partial charge in [0, 0.05) is 15.8 Å². The van der Waals surface area contributed by atoms with Gasteiger partial charge in [-0.05, 0) is 42.1 Å². The lowest BCUT2D eigenvalue weighted by Gasteiger charge is -2.08. The molecule has 0 radical (unpaired) electrons. The van der Waals surface area contributed by atoms with Crippen LogP contribution in [0.5, 0.6) is 0 Å². The molecule has 2 heterocycles. The quantitative estimate of drug-likeness (QED) is 0.682. The summed E-state index contributed by atoms with van der Waals surface area (Å²) in [7, 11) is 0. The fraction of sp³-hybridized carbons (Fsp3) is 0. The van der Waals surface area contributed by atoms with E-state index < -0.39 is 0 Å². The smallest absolute Gasteiger partial charge is 0.282 e. The highest BCUT2D eigenvalue weighted by Crippen LogP contribution is 2.34. The van der Waals surface area contributed by atoms with Crippen molar-refractivity contribution in [1.82, 2.24) is 10.3 Å². The largest absolute Gasteiger partial charge is 0.290 e. The number of nitrogens with zero attached hydrogens (tertiary/aromatic N) is 1. The Hall–Kier alpha value is -2.57. The van der Waals surface area contributed by atoms with Crippen molar-refractivity contribution in [2.75, 3.05) is 0 Å². The minimum Gasteiger partial charge on any atom is -0.282 e. The summed E-state index contributed by atoms with van der Waals surface area (Å²) < 4.78 is 0. The van der Waals surface area contributed by atoms with Crippen molar-refractivity contribution >= 4 is 51.6 Å². The lowest BCUT2D eigenvalue weighted by atomic mass is 10.1. The van der Waals surface area contributed by atoms with Gasteiger partial charge in [0.2, 0.25) is 0 Å². The Morgan fingerprint density at radius 3 is 2.52 bits per heavy atom. The summed E-state index contributed by atoms with van der Waals surface area (Å²) >= 11 is 2.45. The number of carbonyl (C=O) groups is 2. The first-order valence-electron chi connectivity index (χ1n) is 7.56. The molecule has 6 heteroatoms. The summed E-state index contributed by atoms with van der Waals surface area (Å²) in [4.78, 5) is 29.5. The minimum absolute atomic E-state index is 0.345. The highest BCUT2D eigenvalue weighted by Gasteiger charge is 2.25. The normalized spacial score (nSPS) is 15.8. The summed E-state index contributed by atoms with van der Waals surface area (Å²) in [5, 5.41) is 3.72. The summed E-state index contributed by atoms with van der Waals surface area (Å²) in [6.45, 7) is 0. The van der Waals surface area contributed by atoms with Crippen LogP contribution in [-0.2, 0) is 4.79 Å². The summed E-state index contributed by atoms with van der Waals surface area (Å²) in [6.07, 6.45) is 1.73. The predicted molar refractivity (Wildman–Crippen MR) is 101 cm³/mol. The number of fused-ring (bicyclic) bond motifs is 1. The molecular formula is C19H12N2O2S2. The maximum absolute atomic E-state index is 11.9. The molecule has 0 atom stereocenters. The monoisotopic (exact) mass is 364 g/mol. The molecule has 1 fully saturated rings. The molecule has 25 heavy (non-hydrogen) atoms. The third-order valence-corrected chi connectivity index (χ3v) is 5.44. The molecule has 0 aliphatic carbocycles. The van der Waals surface area contributed by atoms with E-state index in [0.717, 1.165) is 38.1 Å². The Kier molecular flexibility index (Phi) is 4.29. The molecule has 1 N–H and O–H groups in total. The van der Waals surface area contributed by atoms with Crippen molar-refractivity contribution < 1.29 is 9.59 Å². The van der Waals surface area contributed by atoms with Gasteiger partial charge in [0.25, 0.3) is 11.1 Å². The molecule has 0 saturated carbocycles. The average molecular weight is 364 g/mol. The number of imide groups is 1. The van der Waals surface area contributed by atoms with E-state index in [4.69, 9.17) is 4.98 Å². The van der Waals surface area contributed by atoms with E-state index in [9.17, 15) is 9.59 Å². The SMILES string of the molecule is O=C1NC(=O)C(=Cc2cc3ccccc3nc2Sc2ccccc2)S1. The third kappa shape index (κ3) is 3.45. The zero-order valence-electron chi connectivity index (χ0n) is 12.9. The maximum atomic E-state index is 11.9. The van der Waals surface area contributed by atoms with Crippen LogP contribution in [0.25, 0.3) is 17.0 Å². The van der Waals surface area contributed by atoms with Gasteiger partial charge in [0.05, 0.1) is 10.4 Å². The van der Waals surface area contributed by atoms with E-state index in [-0.39, 0.29) is 11.1 Å². The Morgan fingerprint density at radius 1 is 1.00 bits per heavy atom. The molecule has 4 rings (SSSR count). The highest BCUT2D eigenvalue weighted by atomic mass is 32.2. The summed E-state index contributed by atoms with van der Waals surface area (Å²) in [6, 6.07) is 19.8. The van der Waals surface area contributed by atoms with Gasteiger partial charge < -0.3 is 0 Å². The zero-order chi connectivity index (χ0) is 17.2. The van der Waals surface area contributed by atoms with Crippen LogP contribution in [0.2, 0.25) is 0 Å². The molecule has 1 aliphatic rings. The number of pyridine rings is 1. The van der Waals surface area contributed by atoms with Gasteiger partial charge in [-0.2, -0.15) is 0 Å². The first-order valence-corrected chi connectivity index (χ1v) is 9.20. The van der Waals surface area contributed by atoms with Crippen LogP contribution in [0.15, 0.2) is 75.5 Å². The second-order valence-corrected chi connectivity index (χ2v) is 7.42. The summed E-state index contributed by atoms with van der Waals surface area (Å²) in [5.74, 6) is -0.362. The lowest BCUT2D eigenvalue weighted by Crippen LogP contribution is -2.17. The summed E-state index contributed by atoms with van der Waals surface area (Å²) in [5.41, 5.74) is 1.71. The van der Waals surface area contributed by atoms with Gasteiger partial charge in [0.15, 0.2) is 0 Å². The molecule has 0 unspecified atom stereocenters. The minimum atomic E-state index is -0.362. The number of para-hydroxylation sites is 1. The lowest BCUT2D eigenvalue weighted by molar-refractivity contribution is -0.115. The standard InChI is InChI=1S/C19H12N2O2S2/c22-17-16(25-19(23)21-17)11-13-10-12-6-4-5-9-15(12)20-18(13)24-14-7-2-1-3-8-14/h1-11H,(H,21,22,23). The maximum Gasteiger partial charge on any atom is 0.290 e. The van der Waals surface area contributed by atoms with Gasteiger partial charge in [-0.1, -0.05) is 48.2 Å². The van der Waals surface area contributed by atoms with Crippen LogP contribution >= 0.6 is 23.5 Å².